The molecule has 0 saturated carbocycles. The molecule has 0 bridgehead atoms. The molecule has 21 heavy (non-hydrogen) atoms. The van der Waals surface area contributed by atoms with Crippen molar-refractivity contribution in [3.63, 3.8) is 0 Å². The summed E-state index contributed by atoms with van der Waals surface area (Å²) in [6.07, 6.45) is 1.55. The minimum absolute atomic E-state index is 0.0155. The highest BCUT2D eigenvalue weighted by atomic mass is 16.8. The predicted octanol–water partition coefficient (Wildman–Crippen LogP) is 1.78. The lowest BCUT2D eigenvalue weighted by molar-refractivity contribution is -0.218. The van der Waals surface area contributed by atoms with Gasteiger partial charge in [0.1, 0.15) is 5.75 Å². The molecule has 0 aromatic heterocycles. The first-order valence-electron chi connectivity index (χ1n) is 6.93. The van der Waals surface area contributed by atoms with Crippen molar-refractivity contribution in [2.24, 2.45) is 0 Å². The Balaban J connectivity index is 1.69. The van der Waals surface area contributed by atoms with Crippen molar-refractivity contribution in [1.82, 2.24) is 5.48 Å². The molecular weight excluding hydrogens is 274 g/mol. The van der Waals surface area contributed by atoms with Gasteiger partial charge in [-0.3, -0.25) is 9.63 Å². The van der Waals surface area contributed by atoms with Crippen LogP contribution in [0.2, 0.25) is 0 Å². The molecule has 0 unspecified atom stereocenters. The van der Waals surface area contributed by atoms with Gasteiger partial charge in [0.15, 0.2) is 6.29 Å². The second kappa shape index (κ2) is 7.97. The van der Waals surface area contributed by atoms with Gasteiger partial charge in [-0.2, -0.15) is 5.48 Å². The normalized spacial score (nSPS) is 21.8. The third kappa shape index (κ3) is 5.00. The number of ether oxygens (including phenoxy) is 3. The van der Waals surface area contributed by atoms with E-state index in [0.717, 1.165) is 24.2 Å². The molecule has 1 aromatic rings. The quantitative estimate of drug-likeness (QED) is 0.807. The summed E-state index contributed by atoms with van der Waals surface area (Å²) in [5.41, 5.74) is 3.90. The van der Waals surface area contributed by atoms with Crippen LogP contribution in [-0.4, -0.2) is 32.5 Å². The highest BCUT2D eigenvalue weighted by Gasteiger charge is 2.24. The molecule has 1 aliphatic heterocycles. The molecule has 1 fully saturated rings. The molecule has 0 radical (unpaired) electrons. The first kappa shape index (κ1) is 15.8. The second-order valence-corrected chi connectivity index (χ2v) is 4.88. The Kier molecular flexibility index (Phi) is 5.98. The Bertz CT molecular complexity index is 440. The molecule has 0 amide bonds. The summed E-state index contributed by atoms with van der Waals surface area (Å²) in [5.74, 6) is 0.577. The molecule has 0 aliphatic carbocycles. The standard InChI is InChI=1S/C15H21NO5/c1-18-13-6-3-11(4-7-13)10-20-15-8-5-12(16-21-15)9-14(17)19-2/h3-4,6-7,12,15-16H,5,8-10H2,1-2H3/t12-,15-/m1/s1. The van der Waals surface area contributed by atoms with Gasteiger partial charge in [0, 0.05) is 12.5 Å². The predicted molar refractivity (Wildman–Crippen MR) is 75.4 cm³/mol. The van der Waals surface area contributed by atoms with Crippen LogP contribution in [-0.2, 0) is 25.7 Å². The maximum Gasteiger partial charge on any atom is 0.307 e. The van der Waals surface area contributed by atoms with Gasteiger partial charge in [-0.1, -0.05) is 12.1 Å². The van der Waals surface area contributed by atoms with Gasteiger partial charge < -0.3 is 14.2 Å². The second-order valence-electron chi connectivity index (χ2n) is 4.88. The third-order valence-corrected chi connectivity index (χ3v) is 3.35. The fourth-order valence-electron chi connectivity index (χ4n) is 2.08. The lowest BCUT2D eigenvalue weighted by atomic mass is 10.1. The summed E-state index contributed by atoms with van der Waals surface area (Å²) in [4.78, 5) is 16.6. The molecule has 1 aliphatic rings. The van der Waals surface area contributed by atoms with E-state index < -0.39 is 0 Å². The first-order chi connectivity index (χ1) is 10.2. The third-order valence-electron chi connectivity index (χ3n) is 3.35. The van der Waals surface area contributed by atoms with E-state index in [1.165, 1.54) is 7.11 Å². The maximum absolute atomic E-state index is 11.2. The molecule has 1 heterocycles. The van der Waals surface area contributed by atoms with Gasteiger partial charge in [0.05, 0.1) is 27.2 Å². The van der Waals surface area contributed by atoms with E-state index in [4.69, 9.17) is 14.3 Å². The number of methoxy groups -OCH3 is 2. The van der Waals surface area contributed by atoms with E-state index in [0.29, 0.717) is 13.0 Å². The number of hydroxylamine groups is 1. The highest BCUT2D eigenvalue weighted by molar-refractivity contribution is 5.69. The van der Waals surface area contributed by atoms with E-state index in [1.807, 2.05) is 24.3 Å². The van der Waals surface area contributed by atoms with Gasteiger partial charge in [-0.15, -0.1) is 0 Å². The fraction of sp³-hybridized carbons (Fsp3) is 0.533. The Morgan fingerprint density at radius 3 is 2.62 bits per heavy atom. The minimum atomic E-state index is -0.305. The zero-order chi connectivity index (χ0) is 15.1. The Morgan fingerprint density at radius 1 is 1.29 bits per heavy atom. The summed E-state index contributed by atoms with van der Waals surface area (Å²) < 4.78 is 15.4. The van der Waals surface area contributed by atoms with E-state index in [9.17, 15) is 4.79 Å². The Morgan fingerprint density at radius 2 is 2.05 bits per heavy atom. The summed E-state index contributed by atoms with van der Waals surface area (Å²) in [5, 5.41) is 0. The van der Waals surface area contributed by atoms with Gasteiger partial charge in [0.2, 0.25) is 0 Å². The monoisotopic (exact) mass is 295 g/mol. The SMILES string of the molecule is COC(=O)C[C@H]1CC[C@H](OCc2ccc(OC)cc2)ON1. The number of benzene rings is 1. The van der Waals surface area contributed by atoms with Crippen LogP contribution in [0.15, 0.2) is 24.3 Å². The molecular formula is C15H21NO5. The smallest absolute Gasteiger partial charge is 0.307 e. The zero-order valence-electron chi connectivity index (χ0n) is 12.3. The van der Waals surface area contributed by atoms with Gasteiger partial charge in [-0.05, 0) is 24.1 Å². The molecule has 2 rings (SSSR count). The average Bonchev–Trinajstić information content (AvgIpc) is 2.54. The van der Waals surface area contributed by atoms with Crippen molar-refractivity contribution in [2.75, 3.05) is 14.2 Å². The van der Waals surface area contributed by atoms with Crippen molar-refractivity contribution in [3.05, 3.63) is 29.8 Å². The number of esters is 1. The summed E-state index contributed by atoms with van der Waals surface area (Å²) in [7, 11) is 3.02. The van der Waals surface area contributed by atoms with Crippen molar-refractivity contribution in [1.29, 1.82) is 0 Å². The largest absolute Gasteiger partial charge is 0.497 e. The summed E-state index contributed by atoms with van der Waals surface area (Å²) in [6.45, 7) is 0.470. The number of rotatable bonds is 6. The maximum atomic E-state index is 11.2. The van der Waals surface area contributed by atoms with Crippen LogP contribution in [0.3, 0.4) is 0 Å². The fourth-order valence-corrected chi connectivity index (χ4v) is 2.08. The molecule has 1 saturated heterocycles. The van der Waals surface area contributed by atoms with Crippen LogP contribution in [0.5, 0.6) is 5.75 Å². The number of hydrogen-bond donors (Lipinski definition) is 1. The first-order valence-corrected chi connectivity index (χ1v) is 6.93. The molecule has 116 valence electrons. The lowest BCUT2D eigenvalue weighted by Crippen LogP contribution is -2.41. The number of carbonyl (C=O) groups excluding carboxylic acids is 1. The van der Waals surface area contributed by atoms with Crippen molar-refractivity contribution < 1.29 is 23.8 Å². The van der Waals surface area contributed by atoms with Crippen LogP contribution in [0.4, 0.5) is 0 Å². The van der Waals surface area contributed by atoms with E-state index in [2.05, 4.69) is 10.2 Å². The molecule has 0 spiro atoms. The molecule has 6 nitrogen and oxygen atoms in total. The molecule has 1 aromatic carbocycles. The van der Waals surface area contributed by atoms with Crippen molar-refractivity contribution in [3.8, 4) is 5.75 Å². The van der Waals surface area contributed by atoms with Crippen LogP contribution in [0.1, 0.15) is 24.8 Å². The highest BCUT2D eigenvalue weighted by Crippen LogP contribution is 2.18. The van der Waals surface area contributed by atoms with Crippen LogP contribution in [0.25, 0.3) is 0 Å². The van der Waals surface area contributed by atoms with Gasteiger partial charge >= 0.3 is 5.97 Å². The van der Waals surface area contributed by atoms with Gasteiger partial charge in [0.25, 0.3) is 0 Å². The van der Waals surface area contributed by atoms with E-state index in [1.54, 1.807) is 7.11 Å². The Hall–Kier alpha value is -1.63. The average molecular weight is 295 g/mol. The number of nitrogens with one attached hydrogen (secondary N) is 1. The van der Waals surface area contributed by atoms with Crippen LogP contribution < -0.4 is 10.2 Å². The van der Waals surface area contributed by atoms with Crippen LogP contribution in [0, 0.1) is 0 Å². The molecule has 6 heteroatoms. The lowest BCUT2D eigenvalue weighted by Gasteiger charge is -2.28. The minimum Gasteiger partial charge on any atom is -0.497 e. The van der Waals surface area contributed by atoms with Crippen molar-refractivity contribution >= 4 is 5.97 Å². The molecule has 1 N–H and O–H groups in total. The Labute approximate surface area is 124 Å². The number of carbonyl (C=O) groups is 1. The van der Waals surface area contributed by atoms with E-state index in [-0.39, 0.29) is 18.3 Å². The van der Waals surface area contributed by atoms with E-state index >= 15 is 0 Å². The number of hydrogen-bond acceptors (Lipinski definition) is 6. The topological polar surface area (TPSA) is 66.0 Å². The van der Waals surface area contributed by atoms with Crippen LogP contribution >= 0.6 is 0 Å². The zero-order valence-corrected chi connectivity index (χ0v) is 12.3. The summed E-state index contributed by atoms with van der Waals surface area (Å²) in [6, 6.07) is 7.68. The van der Waals surface area contributed by atoms with Crippen molar-refractivity contribution in [2.45, 2.75) is 38.2 Å². The van der Waals surface area contributed by atoms with Gasteiger partial charge in [-0.25, -0.2) is 0 Å². The summed E-state index contributed by atoms with van der Waals surface area (Å²) >= 11 is 0. The molecule has 2 atom stereocenters.